The summed E-state index contributed by atoms with van der Waals surface area (Å²) in [6.45, 7) is 0.659. The molecule has 0 aromatic heterocycles. The van der Waals surface area contributed by atoms with Crippen molar-refractivity contribution >= 4 is 21.4 Å². The highest BCUT2D eigenvalue weighted by Crippen LogP contribution is 2.28. The molecule has 0 saturated heterocycles. The lowest BCUT2D eigenvalue weighted by Crippen LogP contribution is -2.28. The number of rotatable bonds is 2. The molecular formula is C16H15NO3S. The van der Waals surface area contributed by atoms with Crippen LogP contribution in [0.3, 0.4) is 0 Å². The van der Waals surface area contributed by atoms with Crippen molar-refractivity contribution in [2.24, 2.45) is 0 Å². The van der Waals surface area contributed by atoms with Crippen molar-refractivity contribution in [1.29, 1.82) is 0 Å². The van der Waals surface area contributed by atoms with E-state index in [1.54, 1.807) is 17.0 Å². The predicted octanol–water partition coefficient (Wildman–Crippen LogP) is 2.29. The standard InChI is InChI=1S/C16H15NO3S/c1-21(19,20)14-8-6-13(7-9-14)16(18)17-11-10-12-4-2-3-5-15(12)17/h2-9H,10-11H2,1H3. The lowest BCUT2D eigenvalue weighted by Gasteiger charge is -2.17. The van der Waals surface area contributed by atoms with Gasteiger partial charge in [-0.3, -0.25) is 4.79 Å². The van der Waals surface area contributed by atoms with Crippen molar-refractivity contribution in [3.63, 3.8) is 0 Å². The molecule has 4 nitrogen and oxygen atoms in total. The topological polar surface area (TPSA) is 54.5 Å². The first-order valence-corrected chi connectivity index (χ1v) is 8.56. The number of para-hydroxylation sites is 1. The molecule has 1 aliphatic heterocycles. The van der Waals surface area contributed by atoms with Crippen LogP contribution < -0.4 is 4.90 Å². The summed E-state index contributed by atoms with van der Waals surface area (Å²) in [6.07, 6.45) is 2.00. The zero-order valence-corrected chi connectivity index (χ0v) is 12.4. The monoisotopic (exact) mass is 301 g/mol. The van der Waals surface area contributed by atoms with Crippen LogP contribution in [0.4, 0.5) is 5.69 Å². The maximum absolute atomic E-state index is 12.5. The molecule has 0 radical (unpaired) electrons. The fraction of sp³-hybridized carbons (Fsp3) is 0.188. The summed E-state index contributed by atoms with van der Waals surface area (Å²) in [7, 11) is -3.24. The van der Waals surface area contributed by atoms with Crippen molar-refractivity contribution in [2.75, 3.05) is 17.7 Å². The van der Waals surface area contributed by atoms with Crippen LogP contribution in [0, 0.1) is 0 Å². The van der Waals surface area contributed by atoms with Gasteiger partial charge < -0.3 is 4.90 Å². The fourth-order valence-electron chi connectivity index (χ4n) is 2.55. The Morgan fingerprint density at radius 3 is 2.38 bits per heavy atom. The average molecular weight is 301 g/mol. The number of benzene rings is 2. The third-order valence-electron chi connectivity index (χ3n) is 3.66. The summed E-state index contributed by atoms with van der Waals surface area (Å²) < 4.78 is 22.9. The first kappa shape index (κ1) is 13.8. The van der Waals surface area contributed by atoms with Gasteiger partial charge in [-0.25, -0.2) is 8.42 Å². The molecule has 0 aliphatic carbocycles. The molecule has 0 bridgehead atoms. The molecular weight excluding hydrogens is 286 g/mol. The molecule has 3 rings (SSSR count). The molecule has 0 N–H and O–H groups in total. The number of hydrogen-bond donors (Lipinski definition) is 0. The van der Waals surface area contributed by atoms with E-state index in [2.05, 4.69) is 0 Å². The van der Waals surface area contributed by atoms with Gasteiger partial charge in [0.25, 0.3) is 5.91 Å². The minimum absolute atomic E-state index is 0.0972. The summed E-state index contributed by atoms with van der Waals surface area (Å²) >= 11 is 0. The van der Waals surface area contributed by atoms with E-state index >= 15 is 0 Å². The average Bonchev–Trinajstić information content (AvgIpc) is 2.90. The molecule has 0 atom stereocenters. The van der Waals surface area contributed by atoms with E-state index in [1.807, 2.05) is 24.3 Å². The molecule has 108 valence electrons. The highest BCUT2D eigenvalue weighted by Gasteiger charge is 2.25. The molecule has 1 aliphatic rings. The molecule has 2 aromatic carbocycles. The van der Waals surface area contributed by atoms with E-state index in [0.29, 0.717) is 12.1 Å². The molecule has 1 amide bonds. The first-order chi connectivity index (χ1) is 9.97. The van der Waals surface area contributed by atoms with Gasteiger partial charge in [-0.15, -0.1) is 0 Å². The van der Waals surface area contributed by atoms with E-state index in [1.165, 1.54) is 17.7 Å². The van der Waals surface area contributed by atoms with Gasteiger partial charge in [0.05, 0.1) is 4.90 Å². The number of fused-ring (bicyclic) bond motifs is 1. The predicted molar refractivity (Wildman–Crippen MR) is 81.4 cm³/mol. The fourth-order valence-corrected chi connectivity index (χ4v) is 3.18. The summed E-state index contributed by atoms with van der Waals surface area (Å²) in [4.78, 5) is 14.5. The number of carbonyl (C=O) groups excluding carboxylic acids is 1. The van der Waals surface area contributed by atoms with Crippen LogP contribution in [-0.2, 0) is 16.3 Å². The zero-order valence-electron chi connectivity index (χ0n) is 11.6. The Bertz CT molecular complexity index is 795. The molecule has 0 unspecified atom stereocenters. The van der Waals surface area contributed by atoms with Gasteiger partial charge >= 0.3 is 0 Å². The second-order valence-electron chi connectivity index (χ2n) is 5.13. The number of hydrogen-bond acceptors (Lipinski definition) is 3. The largest absolute Gasteiger partial charge is 0.308 e. The minimum atomic E-state index is -3.24. The quantitative estimate of drug-likeness (QED) is 0.855. The van der Waals surface area contributed by atoms with Gasteiger partial charge in [-0.2, -0.15) is 0 Å². The van der Waals surface area contributed by atoms with E-state index < -0.39 is 9.84 Å². The van der Waals surface area contributed by atoms with E-state index in [-0.39, 0.29) is 10.8 Å². The molecule has 1 heterocycles. The van der Waals surface area contributed by atoms with Crippen LogP contribution in [0.15, 0.2) is 53.4 Å². The molecule has 0 spiro atoms. The number of sulfone groups is 1. The van der Waals surface area contributed by atoms with Crippen molar-refractivity contribution in [2.45, 2.75) is 11.3 Å². The van der Waals surface area contributed by atoms with Crippen LogP contribution in [-0.4, -0.2) is 27.1 Å². The van der Waals surface area contributed by atoms with Crippen molar-refractivity contribution in [1.82, 2.24) is 0 Å². The zero-order chi connectivity index (χ0) is 15.0. The van der Waals surface area contributed by atoms with Gasteiger partial charge in [-0.1, -0.05) is 18.2 Å². The molecule has 5 heteroatoms. The maximum Gasteiger partial charge on any atom is 0.258 e. The van der Waals surface area contributed by atoms with Crippen molar-refractivity contribution in [3.8, 4) is 0 Å². The number of carbonyl (C=O) groups is 1. The molecule has 0 saturated carbocycles. The van der Waals surface area contributed by atoms with E-state index in [9.17, 15) is 13.2 Å². The highest BCUT2D eigenvalue weighted by molar-refractivity contribution is 7.90. The van der Waals surface area contributed by atoms with Crippen LogP contribution in [0.1, 0.15) is 15.9 Å². The Labute approximate surface area is 123 Å². The smallest absolute Gasteiger partial charge is 0.258 e. The second-order valence-corrected chi connectivity index (χ2v) is 7.15. The van der Waals surface area contributed by atoms with E-state index in [4.69, 9.17) is 0 Å². The van der Waals surface area contributed by atoms with E-state index in [0.717, 1.165) is 18.4 Å². The normalized spacial score (nSPS) is 14.0. The van der Waals surface area contributed by atoms with Crippen molar-refractivity contribution in [3.05, 3.63) is 59.7 Å². The van der Waals surface area contributed by atoms with Gasteiger partial charge in [0.2, 0.25) is 0 Å². The molecule has 2 aromatic rings. The molecule has 0 fully saturated rings. The van der Waals surface area contributed by atoms with Crippen molar-refractivity contribution < 1.29 is 13.2 Å². The number of nitrogens with zero attached hydrogens (tertiary/aromatic N) is 1. The van der Waals surface area contributed by atoms with Gasteiger partial charge in [-0.05, 0) is 42.3 Å². The maximum atomic E-state index is 12.5. The summed E-state index contributed by atoms with van der Waals surface area (Å²) in [6, 6.07) is 13.9. The van der Waals surface area contributed by atoms with Gasteiger partial charge in [0, 0.05) is 24.1 Å². The lowest BCUT2D eigenvalue weighted by molar-refractivity contribution is 0.0989. The minimum Gasteiger partial charge on any atom is -0.308 e. The molecule has 21 heavy (non-hydrogen) atoms. The Kier molecular flexibility index (Phi) is 3.29. The highest BCUT2D eigenvalue weighted by atomic mass is 32.2. The number of amides is 1. The Hall–Kier alpha value is -2.14. The summed E-state index contributed by atoms with van der Waals surface area (Å²) in [5, 5.41) is 0. The van der Waals surface area contributed by atoms with Gasteiger partial charge in [0.1, 0.15) is 0 Å². The summed E-state index contributed by atoms with van der Waals surface area (Å²) in [5.41, 5.74) is 2.60. The Morgan fingerprint density at radius 1 is 1.05 bits per heavy atom. The number of anilines is 1. The van der Waals surface area contributed by atoms with Crippen LogP contribution in [0.5, 0.6) is 0 Å². The SMILES string of the molecule is CS(=O)(=O)c1ccc(C(=O)N2CCc3ccccc32)cc1. The Morgan fingerprint density at radius 2 is 1.71 bits per heavy atom. The lowest BCUT2D eigenvalue weighted by atomic mass is 10.1. The summed E-state index contributed by atoms with van der Waals surface area (Å²) in [5.74, 6) is -0.0972. The third kappa shape index (κ3) is 2.56. The first-order valence-electron chi connectivity index (χ1n) is 6.67. The van der Waals surface area contributed by atoms with Crippen LogP contribution >= 0.6 is 0 Å². The second kappa shape index (κ2) is 5.00. The third-order valence-corrected chi connectivity index (χ3v) is 4.79. The van der Waals surface area contributed by atoms with Crippen LogP contribution in [0.25, 0.3) is 0 Å². The Balaban J connectivity index is 1.90. The van der Waals surface area contributed by atoms with Gasteiger partial charge in [0.15, 0.2) is 9.84 Å². The van der Waals surface area contributed by atoms with Crippen LogP contribution in [0.2, 0.25) is 0 Å².